The highest BCUT2D eigenvalue weighted by molar-refractivity contribution is 7.18. The number of fused-ring (bicyclic) bond motifs is 1. The number of hydrogen-bond acceptors (Lipinski definition) is 5. The summed E-state index contributed by atoms with van der Waals surface area (Å²) in [4.78, 5) is 44.2. The first-order valence-electron chi connectivity index (χ1n) is 8.13. The summed E-state index contributed by atoms with van der Waals surface area (Å²) < 4.78 is 6.42. The lowest BCUT2D eigenvalue weighted by molar-refractivity contribution is 0.313. The molecule has 0 aromatic carbocycles. The molecule has 0 aliphatic rings. The van der Waals surface area contributed by atoms with E-state index in [0.29, 0.717) is 22.5 Å². The van der Waals surface area contributed by atoms with Crippen LogP contribution in [0.1, 0.15) is 30.8 Å². The minimum atomic E-state index is -0.492. The molecule has 3 aromatic rings. The number of pyridine rings is 1. The average molecular weight is 361 g/mol. The van der Waals surface area contributed by atoms with Gasteiger partial charge in [-0.3, -0.25) is 19.1 Å². The van der Waals surface area contributed by atoms with Gasteiger partial charge in [0.1, 0.15) is 4.83 Å². The van der Waals surface area contributed by atoms with E-state index in [-0.39, 0.29) is 23.3 Å². The first kappa shape index (κ1) is 17.2. The summed E-state index contributed by atoms with van der Waals surface area (Å²) in [6.07, 6.45) is 3.06. The molecule has 0 saturated heterocycles. The molecular formula is C17H19N3O4S. The molecule has 0 bridgehead atoms. The molecule has 25 heavy (non-hydrogen) atoms. The van der Waals surface area contributed by atoms with Gasteiger partial charge in [0.15, 0.2) is 5.75 Å². The zero-order valence-electron chi connectivity index (χ0n) is 14.0. The number of aromatic amines is 2. The molecule has 0 fully saturated rings. The number of H-pyrrole nitrogens is 2. The molecule has 0 saturated carbocycles. The Morgan fingerprint density at radius 3 is 2.68 bits per heavy atom. The third kappa shape index (κ3) is 3.43. The van der Waals surface area contributed by atoms with E-state index in [2.05, 4.69) is 9.97 Å². The molecule has 0 aliphatic carbocycles. The summed E-state index contributed by atoms with van der Waals surface area (Å²) >= 11 is 1.41. The van der Waals surface area contributed by atoms with Gasteiger partial charge < -0.3 is 9.72 Å². The van der Waals surface area contributed by atoms with E-state index >= 15 is 0 Å². The van der Waals surface area contributed by atoms with Crippen LogP contribution in [0.4, 0.5) is 0 Å². The molecule has 3 aromatic heterocycles. The molecule has 0 aliphatic heterocycles. The Morgan fingerprint density at radius 1 is 1.20 bits per heavy atom. The Labute approximate surface area is 146 Å². The van der Waals surface area contributed by atoms with E-state index in [1.54, 1.807) is 6.07 Å². The van der Waals surface area contributed by atoms with Crippen molar-refractivity contribution in [2.45, 2.75) is 33.2 Å². The molecule has 2 N–H and O–H groups in total. The topological polar surface area (TPSA) is 96.9 Å². The highest BCUT2D eigenvalue weighted by atomic mass is 32.1. The quantitative estimate of drug-likeness (QED) is 0.700. The molecule has 0 atom stereocenters. The standard InChI is InChI=1S/C17H19N3O4S/c1-3-5-24-14-8-18-10(6-13(14)21)9-20-16(22)12-7-11(4-2)25-15(12)19-17(20)23/h6-8H,3-5,9H2,1-2H3,(H,18,21)(H,19,23). The Kier molecular flexibility index (Phi) is 4.89. The summed E-state index contributed by atoms with van der Waals surface area (Å²) in [7, 11) is 0. The molecule has 3 heterocycles. The number of aryl methyl sites for hydroxylation is 1. The van der Waals surface area contributed by atoms with Gasteiger partial charge in [-0.25, -0.2) is 4.79 Å². The van der Waals surface area contributed by atoms with Crippen LogP contribution in [0.5, 0.6) is 5.75 Å². The van der Waals surface area contributed by atoms with Crippen molar-refractivity contribution in [3.63, 3.8) is 0 Å². The van der Waals surface area contributed by atoms with Crippen LogP contribution in [-0.4, -0.2) is 21.1 Å². The van der Waals surface area contributed by atoms with Crippen LogP contribution in [0, 0.1) is 0 Å². The first-order valence-corrected chi connectivity index (χ1v) is 8.95. The van der Waals surface area contributed by atoms with E-state index in [1.165, 1.54) is 23.6 Å². The van der Waals surface area contributed by atoms with Crippen molar-refractivity contribution in [2.75, 3.05) is 6.61 Å². The zero-order chi connectivity index (χ0) is 18.0. The molecule has 132 valence electrons. The van der Waals surface area contributed by atoms with E-state index in [9.17, 15) is 14.4 Å². The number of aromatic nitrogens is 3. The number of ether oxygens (including phenoxy) is 1. The number of thiophene rings is 1. The molecule has 8 heteroatoms. The number of rotatable bonds is 6. The van der Waals surface area contributed by atoms with Crippen LogP contribution in [0.2, 0.25) is 0 Å². The fourth-order valence-electron chi connectivity index (χ4n) is 2.50. The first-order chi connectivity index (χ1) is 12.0. The van der Waals surface area contributed by atoms with Crippen molar-refractivity contribution < 1.29 is 4.74 Å². The van der Waals surface area contributed by atoms with Crippen molar-refractivity contribution in [1.82, 2.24) is 14.5 Å². The van der Waals surface area contributed by atoms with Crippen molar-refractivity contribution >= 4 is 21.6 Å². The predicted octanol–water partition coefficient (Wildman–Crippen LogP) is 1.84. The number of nitrogens with one attached hydrogen (secondary N) is 2. The maximum Gasteiger partial charge on any atom is 0.329 e. The molecule has 3 rings (SSSR count). The average Bonchev–Trinajstić information content (AvgIpc) is 3.01. The van der Waals surface area contributed by atoms with Crippen molar-refractivity contribution in [1.29, 1.82) is 0 Å². The lowest BCUT2D eigenvalue weighted by Gasteiger charge is -2.07. The smallest absolute Gasteiger partial charge is 0.329 e. The monoisotopic (exact) mass is 361 g/mol. The highest BCUT2D eigenvalue weighted by Gasteiger charge is 2.12. The van der Waals surface area contributed by atoms with Crippen LogP contribution in [-0.2, 0) is 13.0 Å². The normalized spacial score (nSPS) is 11.1. The van der Waals surface area contributed by atoms with Crippen molar-refractivity contribution in [2.24, 2.45) is 0 Å². The lowest BCUT2D eigenvalue weighted by atomic mass is 10.3. The van der Waals surface area contributed by atoms with Crippen LogP contribution < -0.4 is 21.4 Å². The maximum absolute atomic E-state index is 12.6. The van der Waals surface area contributed by atoms with Crippen molar-refractivity contribution in [3.05, 3.63) is 60.0 Å². The van der Waals surface area contributed by atoms with Gasteiger partial charge in [0.05, 0.1) is 18.5 Å². The predicted molar refractivity (Wildman–Crippen MR) is 98.0 cm³/mol. The summed E-state index contributed by atoms with van der Waals surface area (Å²) in [5, 5.41) is 0.492. The van der Waals surface area contributed by atoms with E-state index in [4.69, 9.17) is 4.74 Å². The summed E-state index contributed by atoms with van der Waals surface area (Å²) in [6.45, 7) is 4.39. The Bertz CT molecular complexity index is 1070. The lowest BCUT2D eigenvalue weighted by Crippen LogP contribution is -2.35. The third-order valence-electron chi connectivity index (χ3n) is 3.80. The third-order valence-corrected chi connectivity index (χ3v) is 4.99. The van der Waals surface area contributed by atoms with Gasteiger partial charge in [0.2, 0.25) is 5.43 Å². The van der Waals surface area contributed by atoms with Gasteiger partial charge in [-0.05, 0) is 18.9 Å². The Balaban J connectivity index is 1.98. The van der Waals surface area contributed by atoms with Crippen LogP contribution in [0.25, 0.3) is 10.2 Å². The van der Waals surface area contributed by atoms with Gasteiger partial charge in [-0.1, -0.05) is 13.8 Å². The van der Waals surface area contributed by atoms with Crippen LogP contribution in [0.3, 0.4) is 0 Å². The summed E-state index contributed by atoms with van der Waals surface area (Å²) in [5.41, 5.74) is -0.667. The van der Waals surface area contributed by atoms with Gasteiger partial charge in [-0.2, -0.15) is 0 Å². The van der Waals surface area contributed by atoms with Crippen LogP contribution in [0.15, 0.2) is 32.7 Å². The van der Waals surface area contributed by atoms with Crippen molar-refractivity contribution in [3.8, 4) is 5.75 Å². The largest absolute Gasteiger partial charge is 0.488 e. The minimum absolute atomic E-state index is 0.00922. The van der Waals surface area contributed by atoms with Gasteiger partial charge in [-0.15, -0.1) is 11.3 Å². The Hall–Kier alpha value is -2.61. The van der Waals surface area contributed by atoms with Gasteiger partial charge >= 0.3 is 5.69 Å². The summed E-state index contributed by atoms with van der Waals surface area (Å²) in [5.74, 6) is 0.229. The molecule has 0 unspecified atom stereocenters. The maximum atomic E-state index is 12.6. The molecule has 0 spiro atoms. The van der Waals surface area contributed by atoms with E-state index in [0.717, 1.165) is 22.3 Å². The second-order valence-electron chi connectivity index (χ2n) is 5.67. The summed E-state index contributed by atoms with van der Waals surface area (Å²) in [6, 6.07) is 3.16. The fraction of sp³-hybridized carbons (Fsp3) is 0.353. The van der Waals surface area contributed by atoms with Gasteiger partial charge in [0.25, 0.3) is 5.56 Å². The molecule has 0 radical (unpaired) electrons. The molecular weight excluding hydrogens is 342 g/mol. The number of nitrogens with zero attached hydrogens (tertiary/aromatic N) is 1. The SMILES string of the molecule is CCCOc1c[nH]c(Cn2c(=O)[nH]c3sc(CC)cc3c2=O)cc1=O. The second kappa shape index (κ2) is 7.10. The zero-order valence-corrected chi connectivity index (χ0v) is 14.9. The second-order valence-corrected chi connectivity index (χ2v) is 6.80. The Morgan fingerprint density at radius 2 is 2.00 bits per heavy atom. The minimum Gasteiger partial charge on any atom is -0.488 e. The van der Waals surface area contributed by atoms with E-state index in [1.807, 2.05) is 13.8 Å². The highest BCUT2D eigenvalue weighted by Crippen LogP contribution is 2.20. The fourth-order valence-corrected chi connectivity index (χ4v) is 3.48. The number of hydrogen-bond donors (Lipinski definition) is 2. The van der Waals surface area contributed by atoms with E-state index < -0.39 is 5.69 Å². The molecule has 0 amide bonds. The van der Waals surface area contributed by atoms with Gasteiger partial charge in [0, 0.05) is 22.8 Å². The van der Waals surface area contributed by atoms with Crippen LogP contribution >= 0.6 is 11.3 Å². The molecule has 7 nitrogen and oxygen atoms in total.